The van der Waals surface area contributed by atoms with Crippen LogP contribution in [-0.2, 0) is 5.75 Å². The van der Waals surface area contributed by atoms with Crippen molar-refractivity contribution < 1.29 is 0 Å². The third-order valence-electron chi connectivity index (χ3n) is 2.60. The molecule has 0 bridgehead atoms. The average molecular weight is 264 g/mol. The highest BCUT2D eigenvalue weighted by Crippen LogP contribution is 2.31. The van der Waals surface area contributed by atoms with Gasteiger partial charge in [0, 0.05) is 16.3 Å². The molecule has 0 amide bonds. The molecule has 1 nitrogen and oxygen atoms in total. The van der Waals surface area contributed by atoms with Crippen LogP contribution in [-0.4, -0.2) is 0 Å². The Bertz CT molecular complexity index is 525. The van der Waals surface area contributed by atoms with Crippen molar-refractivity contribution in [2.24, 2.45) is 0 Å². The molecule has 3 heteroatoms. The zero-order chi connectivity index (χ0) is 12.3. The van der Waals surface area contributed by atoms with Crippen molar-refractivity contribution in [3.8, 4) is 0 Å². The van der Waals surface area contributed by atoms with Crippen LogP contribution in [0.4, 0.5) is 5.69 Å². The first kappa shape index (κ1) is 12.3. The first-order valence-electron chi connectivity index (χ1n) is 5.39. The van der Waals surface area contributed by atoms with E-state index < -0.39 is 0 Å². The zero-order valence-electron chi connectivity index (χ0n) is 9.61. The first-order chi connectivity index (χ1) is 8.16. The first-order valence-corrected chi connectivity index (χ1v) is 6.75. The molecule has 2 N–H and O–H groups in total. The van der Waals surface area contributed by atoms with Crippen molar-refractivity contribution >= 4 is 29.1 Å². The summed E-state index contributed by atoms with van der Waals surface area (Å²) in [7, 11) is 0. The van der Waals surface area contributed by atoms with Gasteiger partial charge in [-0.25, -0.2) is 0 Å². The molecule has 17 heavy (non-hydrogen) atoms. The number of rotatable bonds is 3. The van der Waals surface area contributed by atoms with E-state index in [1.807, 2.05) is 12.1 Å². The highest BCUT2D eigenvalue weighted by molar-refractivity contribution is 7.98. The third kappa shape index (κ3) is 3.18. The lowest BCUT2D eigenvalue weighted by atomic mass is 10.1. The molecule has 0 spiro atoms. The molecule has 0 aliphatic carbocycles. The predicted octanol–water partition coefficient (Wildman–Crippen LogP) is 4.52. The minimum Gasteiger partial charge on any atom is -0.399 e. The Morgan fingerprint density at radius 2 is 1.94 bits per heavy atom. The van der Waals surface area contributed by atoms with E-state index in [2.05, 4.69) is 31.2 Å². The van der Waals surface area contributed by atoms with E-state index in [1.165, 1.54) is 11.1 Å². The van der Waals surface area contributed by atoms with Crippen molar-refractivity contribution in [2.45, 2.75) is 17.6 Å². The van der Waals surface area contributed by atoms with Gasteiger partial charge in [-0.15, -0.1) is 11.8 Å². The minimum atomic E-state index is 0.704. The van der Waals surface area contributed by atoms with Gasteiger partial charge in [0.25, 0.3) is 0 Å². The molecule has 0 saturated heterocycles. The Morgan fingerprint density at radius 1 is 1.18 bits per heavy atom. The fourth-order valence-electron chi connectivity index (χ4n) is 1.56. The van der Waals surface area contributed by atoms with Gasteiger partial charge in [-0.2, -0.15) is 0 Å². The lowest BCUT2D eigenvalue weighted by Gasteiger charge is -2.07. The monoisotopic (exact) mass is 263 g/mol. The quantitative estimate of drug-likeness (QED) is 0.651. The highest BCUT2D eigenvalue weighted by atomic mass is 35.5. The molecule has 2 aromatic carbocycles. The number of aryl methyl sites for hydroxylation is 1. The lowest BCUT2D eigenvalue weighted by molar-refractivity contribution is 1.30. The number of anilines is 1. The average Bonchev–Trinajstić information content (AvgIpc) is 2.30. The van der Waals surface area contributed by atoms with Gasteiger partial charge in [0.1, 0.15) is 0 Å². The van der Waals surface area contributed by atoms with Crippen molar-refractivity contribution in [2.75, 3.05) is 5.73 Å². The smallest absolute Gasteiger partial charge is 0.0562 e. The number of benzene rings is 2. The Balaban J connectivity index is 2.10. The van der Waals surface area contributed by atoms with Gasteiger partial charge in [0.2, 0.25) is 0 Å². The number of halogens is 1. The maximum atomic E-state index is 6.13. The molecule has 0 aliphatic rings. The lowest BCUT2D eigenvalue weighted by Crippen LogP contribution is -1.87. The second-order valence-corrected chi connectivity index (χ2v) is 5.33. The Hall–Kier alpha value is -1.12. The Labute approximate surface area is 111 Å². The van der Waals surface area contributed by atoms with E-state index >= 15 is 0 Å². The fraction of sp³-hybridized carbons (Fsp3) is 0.143. The molecule has 2 aromatic rings. The standard InChI is InChI=1S/C14H14ClNS/c1-10-4-2-3-5-11(10)9-17-14-7-6-12(16)8-13(14)15/h2-8H,9,16H2,1H3. The number of nitrogens with two attached hydrogens (primary N) is 1. The van der Waals surface area contributed by atoms with E-state index in [4.69, 9.17) is 17.3 Å². The van der Waals surface area contributed by atoms with Crippen LogP contribution in [0.1, 0.15) is 11.1 Å². The second-order valence-electron chi connectivity index (χ2n) is 3.91. The zero-order valence-corrected chi connectivity index (χ0v) is 11.2. The van der Waals surface area contributed by atoms with Gasteiger partial charge in [-0.1, -0.05) is 35.9 Å². The molecule has 2 rings (SSSR count). The molecule has 0 aromatic heterocycles. The van der Waals surface area contributed by atoms with E-state index in [9.17, 15) is 0 Å². The normalized spacial score (nSPS) is 10.5. The number of hydrogen-bond donors (Lipinski definition) is 1. The van der Waals surface area contributed by atoms with Crippen LogP contribution in [0.15, 0.2) is 47.4 Å². The Kier molecular flexibility index (Phi) is 3.97. The van der Waals surface area contributed by atoms with Crippen molar-refractivity contribution in [1.29, 1.82) is 0 Å². The summed E-state index contributed by atoms with van der Waals surface area (Å²) in [5.74, 6) is 0.927. The molecule has 0 fully saturated rings. The van der Waals surface area contributed by atoms with Gasteiger partial charge in [-0.05, 0) is 36.2 Å². The molecule has 88 valence electrons. The third-order valence-corrected chi connectivity index (χ3v) is 4.15. The van der Waals surface area contributed by atoms with Crippen LogP contribution in [0.25, 0.3) is 0 Å². The van der Waals surface area contributed by atoms with E-state index in [0.29, 0.717) is 5.69 Å². The summed E-state index contributed by atoms with van der Waals surface area (Å²) in [5.41, 5.74) is 9.02. The van der Waals surface area contributed by atoms with Gasteiger partial charge in [0.15, 0.2) is 0 Å². The van der Waals surface area contributed by atoms with Crippen LogP contribution >= 0.6 is 23.4 Å². The van der Waals surface area contributed by atoms with E-state index in [-0.39, 0.29) is 0 Å². The molecule has 0 unspecified atom stereocenters. The summed E-state index contributed by atoms with van der Waals surface area (Å²) >= 11 is 7.87. The number of thioether (sulfide) groups is 1. The predicted molar refractivity (Wildman–Crippen MR) is 76.6 cm³/mol. The minimum absolute atomic E-state index is 0.704. The molecule has 0 atom stereocenters. The summed E-state index contributed by atoms with van der Waals surface area (Å²) < 4.78 is 0. The van der Waals surface area contributed by atoms with Crippen LogP contribution in [0, 0.1) is 6.92 Å². The highest BCUT2D eigenvalue weighted by Gasteiger charge is 2.03. The molecular formula is C14H14ClNS. The summed E-state index contributed by atoms with van der Waals surface area (Å²) in [5, 5.41) is 0.726. The topological polar surface area (TPSA) is 26.0 Å². The van der Waals surface area contributed by atoms with Crippen molar-refractivity contribution in [3.63, 3.8) is 0 Å². The summed E-state index contributed by atoms with van der Waals surface area (Å²) in [6.45, 7) is 2.13. The second kappa shape index (κ2) is 5.48. The molecule has 0 aliphatic heterocycles. The fourth-order valence-corrected chi connectivity index (χ4v) is 2.91. The summed E-state index contributed by atoms with van der Waals surface area (Å²) in [4.78, 5) is 1.07. The SMILES string of the molecule is Cc1ccccc1CSc1ccc(N)cc1Cl. The van der Waals surface area contributed by atoms with Crippen LogP contribution in [0.2, 0.25) is 5.02 Å². The van der Waals surface area contributed by atoms with Crippen LogP contribution in [0.3, 0.4) is 0 Å². The van der Waals surface area contributed by atoms with Crippen molar-refractivity contribution in [1.82, 2.24) is 0 Å². The van der Waals surface area contributed by atoms with Gasteiger partial charge < -0.3 is 5.73 Å². The molecule has 0 radical (unpaired) electrons. The van der Waals surface area contributed by atoms with E-state index in [1.54, 1.807) is 17.8 Å². The number of hydrogen-bond acceptors (Lipinski definition) is 2. The molecular weight excluding hydrogens is 250 g/mol. The maximum absolute atomic E-state index is 6.13. The summed E-state index contributed by atoms with van der Waals surface area (Å²) in [6.07, 6.45) is 0. The van der Waals surface area contributed by atoms with Gasteiger partial charge >= 0.3 is 0 Å². The Morgan fingerprint density at radius 3 is 2.65 bits per heavy atom. The largest absolute Gasteiger partial charge is 0.399 e. The van der Waals surface area contributed by atoms with Gasteiger partial charge in [0.05, 0.1) is 5.02 Å². The van der Waals surface area contributed by atoms with Crippen LogP contribution < -0.4 is 5.73 Å². The summed E-state index contributed by atoms with van der Waals surface area (Å²) in [6, 6.07) is 14.0. The van der Waals surface area contributed by atoms with Gasteiger partial charge in [-0.3, -0.25) is 0 Å². The molecule has 0 heterocycles. The molecule has 0 saturated carbocycles. The maximum Gasteiger partial charge on any atom is 0.0562 e. The van der Waals surface area contributed by atoms with Crippen LogP contribution in [0.5, 0.6) is 0 Å². The van der Waals surface area contributed by atoms with Crippen molar-refractivity contribution in [3.05, 3.63) is 58.6 Å². The van der Waals surface area contributed by atoms with E-state index in [0.717, 1.165) is 15.7 Å². The number of nitrogen functional groups attached to an aromatic ring is 1.